The molecule has 0 atom stereocenters. The fourth-order valence-corrected chi connectivity index (χ4v) is 3.22. The average molecular weight is 324 g/mol. The molecule has 0 saturated carbocycles. The molecule has 0 aromatic heterocycles. The van der Waals surface area contributed by atoms with Gasteiger partial charge in [0.05, 0.1) is 5.75 Å². The molecule has 1 aliphatic rings. The van der Waals surface area contributed by atoms with Crippen LogP contribution in [0.4, 0.5) is 5.69 Å². The minimum Gasteiger partial charge on any atom is -0.382 e. The predicted octanol–water partition coefficient (Wildman–Crippen LogP) is 1.83. The quantitative estimate of drug-likeness (QED) is 0.897. The summed E-state index contributed by atoms with van der Waals surface area (Å²) in [5.41, 5.74) is 2.33. The zero-order valence-electron chi connectivity index (χ0n) is 13.2. The Bertz CT molecular complexity index is 620. The highest BCUT2D eigenvalue weighted by Crippen LogP contribution is 2.18. The fraction of sp³-hybridized carbons (Fsp3) is 0.562. The van der Waals surface area contributed by atoms with Crippen LogP contribution in [0.5, 0.6) is 0 Å². The predicted molar refractivity (Wildman–Crippen MR) is 88.7 cm³/mol. The number of nitrogens with one attached hydrogen (secondary N) is 1. The number of aryl methyl sites for hydroxylation is 1. The summed E-state index contributed by atoms with van der Waals surface area (Å²) in [6.45, 7) is 3.44. The molecule has 1 N–H and O–H groups in total. The molecule has 22 heavy (non-hydrogen) atoms. The second-order valence-electron chi connectivity index (χ2n) is 6.05. The summed E-state index contributed by atoms with van der Waals surface area (Å²) in [5.74, 6) is -0.118. The van der Waals surface area contributed by atoms with Crippen molar-refractivity contribution < 1.29 is 13.2 Å². The molecule has 6 heteroatoms. The molecule has 1 aromatic rings. The second kappa shape index (κ2) is 7.13. The van der Waals surface area contributed by atoms with Crippen LogP contribution in [-0.2, 0) is 14.6 Å². The van der Waals surface area contributed by atoms with Crippen LogP contribution in [0.2, 0.25) is 0 Å². The summed E-state index contributed by atoms with van der Waals surface area (Å²) in [4.78, 5) is 13.8. The second-order valence-corrected chi connectivity index (χ2v) is 8.31. The van der Waals surface area contributed by atoms with Gasteiger partial charge < -0.3 is 10.2 Å². The highest BCUT2D eigenvalue weighted by molar-refractivity contribution is 7.90. The minimum atomic E-state index is -3.07. The third-order valence-electron chi connectivity index (χ3n) is 3.92. The number of benzene rings is 1. The van der Waals surface area contributed by atoms with Gasteiger partial charge in [0.25, 0.3) is 0 Å². The highest BCUT2D eigenvalue weighted by atomic mass is 32.2. The lowest BCUT2D eigenvalue weighted by Gasteiger charge is -2.33. The Hall–Kier alpha value is -1.56. The number of amides is 1. The lowest BCUT2D eigenvalue weighted by molar-refractivity contribution is -0.131. The number of nitrogens with zero attached hydrogens (tertiary/aromatic N) is 1. The summed E-state index contributed by atoms with van der Waals surface area (Å²) >= 11 is 0. The molecule has 0 unspecified atom stereocenters. The molecule has 1 aromatic carbocycles. The van der Waals surface area contributed by atoms with Gasteiger partial charge in [0.15, 0.2) is 0 Å². The van der Waals surface area contributed by atoms with Gasteiger partial charge in [-0.25, -0.2) is 8.42 Å². The molecule has 1 heterocycles. The number of rotatable bonds is 5. The van der Waals surface area contributed by atoms with Gasteiger partial charge in [0.1, 0.15) is 9.84 Å². The molecule has 5 nitrogen and oxygen atoms in total. The first-order chi connectivity index (χ1) is 10.3. The maximum Gasteiger partial charge on any atom is 0.223 e. The molecule has 1 aliphatic heterocycles. The summed E-state index contributed by atoms with van der Waals surface area (Å²) in [7, 11) is -3.07. The van der Waals surface area contributed by atoms with Crippen LogP contribution in [0.15, 0.2) is 24.3 Å². The van der Waals surface area contributed by atoms with Crippen molar-refractivity contribution in [1.29, 1.82) is 0 Å². The standard InChI is InChI=1S/C16H24N2O3S/c1-13-4-3-5-15(12-13)17-14-6-9-18(10-7-14)16(19)8-11-22(2,20)21/h3-5,12,14,17H,6-11H2,1-2H3. The van der Waals surface area contributed by atoms with E-state index in [1.165, 1.54) is 5.56 Å². The van der Waals surface area contributed by atoms with Crippen molar-refractivity contribution in [3.05, 3.63) is 29.8 Å². The number of likely N-dealkylation sites (tertiary alicyclic amines) is 1. The van der Waals surface area contributed by atoms with Gasteiger partial charge in [0.2, 0.25) is 5.91 Å². The van der Waals surface area contributed by atoms with Crippen LogP contribution in [0, 0.1) is 6.92 Å². The molecular weight excluding hydrogens is 300 g/mol. The largest absolute Gasteiger partial charge is 0.382 e. The number of carbonyl (C=O) groups is 1. The van der Waals surface area contributed by atoms with E-state index in [0.717, 1.165) is 24.8 Å². The molecule has 0 bridgehead atoms. The highest BCUT2D eigenvalue weighted by Gasteiger charge is 2.23. The van der Waals surface area contributed by atoms with E-state index in [1.807, 2.05) is 6.07 Å². The number of hydrogen-bond acceptors (Lipinski definition) is 4. The van der Waals surface area contributed by atoms with Crippen LogP contribution in [0.1, 0.15) is 24.8 Å². The van der Waals surface area contributed by atoms with Crippen LogP contribution in [-0.4, -0.2) is 50.4 Å². The Labute approximate surface area is 132 Å². The molecule has 1 saturated heterocycles. The maximum atomic E-state index is 12.0. The molecule has 1 fully saturated rings. The van der Waals surface area contributed by atoms with E-state index in [2.05, 4.69) is 30.4 Å². The van der Waals surface area contributed by atoms with Crippen molar-refractivity contribution in [2.45, 2.75) is 32.2 Å². The van der Waals surface area contributed by atoms with E-state index in [4.69, 9.17) is 0 Å². The zero-order valence-corrected chi connectivity index (χ0v) is 14.0. The smallest absolute Gasteiger partial charge is 0.223 e. The van der Waals surface area contributed by atoms with E-state index >= 15 is 0 Å². The van der Waals surface area contributed by atoms with Gasteiger partial charge in [-0.1, -0.05) is 12.1 Å². The normalized spacial score (nSPS) is 16.5. The maximum absolute atomic E-state index is 12.0. The van der Waals surface area contributed by atoms with E-state index in [0.29, 0.717) is 19.1 Å². The van der Waals surface area contributed by atoms with Crippen molar-refractivity contribution >= 4 is 21.4 Å². The summed E-state index contributed by atoms with van der Waals surface area (Å²) in [5, 5.41) is 3.50. The molecule has 2 rings (SSSR count). The zero-order chi connectivity index (χ0) is 16.2. The van der Waals surface area contributed by atoms with Crippen LogP contribution < -0.4 is 5.32 Å². The van der Waals surface area contributed by atoms with Crippen molar-refractivity contribution in [3.63, 3.8) is 0 Å². The van der Waals surface area contributed by atoms with Gasteiger partial charge in [0, 0.05) is 37.5 Å². The van der Waals surface area contributed by atoms with Gasteiger partial charge in [-0.2, -0.15) is 0 Å². The average Bonchev–Trinajstić information content (AvgIpc) is 2.45. The molecular formula is C16H24N2O3S. The van der Waals surface area contributed by atoms with Gasteiger partial charge in [-0.15, -0.1) is 0 Å². The Morgan fingerprint density at radius 1 is 1.32 bits per heavy atom. The lowest BCUT2D eigenvalue weighted by atomic mass is 10.0. The van der Waals surface area contributed by atoms with Crippen LogP contribution >= 0.6 is 0 Å². The molecule has 0 aliphatic carbocycles. The van der Waals surface area contributed by atoms with E-state index in [1.54, 1.807) is 4.90 Å². The minimum absolute atomic E-state index is 0.0561. The van der Waals surface area contributed by atoms with Crippen molar-refractivity contribution in [1.82, 2.24) is 4.90 Å². The summed E-state index contributed by atoms with van der Waals surface area (Å²) < 4.78 is 22.2. The summed E-state index contributed by atoms with van der Waals surface area (Å²) in [6, 6.07) is 8.62. The Morgan fingerprint density at radius 3 is 2.59 bits per heavy atom. The van der Waals surface area contributed by atoms with Gasteiger partial charge in [-0.3, -0.25) is 4.79 Å². The summed E-state index contributed by atoms with van der Waals surface area (Å²) in [6.07, 6.45) is 3.03. The molecule has 122 valence electrons. The number of piperidine rings is 1. The monoisotopic (exact) mass is 324 g/mol. The Morgan fingerprint density at radius 2 is 2.00 bits per heavy atom. The number of carbonyl (C=O) groups excluding carboxylic acids is 1. The van der Waals surface area contributed by atoms with E-state index in [-0.39, 0.29) is 18.1 Å². The van der Waals surface area contributed by atoms with E-state index < -0.39 is 9.84 Å². The first-order valence-electron chi connectivity index (χ1n) is 7.62. The Kier molecular flexibility index (Phi) is 5.45. The van der Waals surface area contributed by atoms with Crippen molar-refractivity contribution in [3.8, 4) is 0 Å². The van der Waals surface area contributed by atoms with Crippen LogP contribution in [0.25, 0.3) is 0 Å². The lowest BCUT2D eigenvalue weighted by Crippen LogP contribution is -2.42. The third kappa shape index (κ3) is 5.33. The first kappa shape index (κ1) is 16.8. The SMILES string of the molecule is Cc1cccc(NC2CCN(C(=O)CCS(C)(=O)=O)CC2)c1. The number of hydrogen-bond donors (Lipinski definition) is 1. The topological polar surface area (TPSA) is 66.5 Å². The Balaban J connectivity index is 1.79. The van der Waals surface area contributed by atoms with Crippen molar-refractivity contribution in [2.24, 2.45) is 0 Å². The fourth-order valence-electron chi connectivity index (χ4n) is 2.67. The van der Waals surface area contributed by atoms with Crippen molar-refractivity contribution in [2.75, 3.05) is 30.4 Å². The number of anilines is 1. The number of sulfone groups is 1. The third-order valence-corrected chi connectivity index (χ3v) is 4.87. The molecule has 0 radical (unpaired) electrons. The van der Waals surface area contributed by atoms with Gasteiger partial charge >= 0.3 is 0 Å². The van der Waals surface area contributed by atoms with Crippen LogP contribution in [0.3, 0.4) is 0 Å². The van der Waals surface area contributed by atoms with E-state index in [9.17, 15) is 13.2 Å². The van der Waals surface area contributed by atoms with Gasteiger partial charge in [-0.05, 0) is 37.5 Å². The first-order valence-corrected chi connectivity index (χ1v) is 9.68. The molecule has 1 amide bonds. The molecule has 0 spiro atoms.